The fourth-order valence-corrected chi connectivity index (χ4v) is 3.18. The van der Waals surface area contributed by atoms with Crippen molar-refractivity contribution in [2.45, 2.75) is 23.8 Å². The van der Waals surface area contributed by atoms with Crippen LogP contribution in [0.5, 0.6) is 0 Å². The molecule has 6 heteroatoms. The average molecular weight is 317 g/mol. The number of thioether (sulfide) groups is 1. The lowest BCUT2D eigenvalue weighted by atomic mass is 10.1. The minimum Gasteiger partial charge on any atom is -0.381 e. The Morgan fingerprint density at radius 3 is 2.91 bits per heavy atom. The van der Waals surface area contributed by atoms with E-state index >= 15 is 0 Å². The third kappa shape index (κ3) is 3.34. The van der Waals surface area contributed by atoms with Gasteiger partial charge in [-0.05, 0) is 31.2 Å². The predicted octanol–water partition coefficient (Wildman–Crippen LogP) is 3.21. The molecule has 1 aliphatic rings. The summed E-state index contributed by atoms with van der Waals surface area (Å²) in [6, 6.07) is 7.96. The van der Waals surface area contributed by atoms with Crippen molar-refractivity contribution in [3.05, 3.63) is 42.2 Å². The van der Waals surface area contributed by atoms with Gasteiger partial charge in [-0.3, -0.25) is 9.48 Å². The van der Waals surface area contributed by atoms with Gasteiger partial charge in [0.1, 0.15) is 0 Å². The molecule has 0 atom stereocenters. The first-order valence-corrected chi connectivity index (χ1v) is 8.56. The Balaban J connectivity index is 1.70. The summed E-state index contributed by atoms with van der Waals surface area (Å²) in [6.07, 6.45) is 7.49. The molecule has 0 aliphatic carbocycles. The van der Waals surface area contributed by atoms with E-state index in [1.165, 1.54) is 0 Å². The molecular formula is C16H19N3O2S. The average Bonchev–Trinajstić information content (AvgIpc) is 3.04. The minimum absolute atomic E-state index is 0.100. The number of hydrogen-bond donors (Lipinski definition) is 1. The van der Waals surface area contributed by atoms with Crippen LogP contribution in [-0.2, 0) is 4.74 Å². The molecule has 1 amide bonds. The minimum atomic E-state index is -0.100. The second-order valence-corrected chi connectivity index (χ2v) is 6.06. The maximum absolute atomic E-state index is 12.4. The molecule has 22 heavy (non-hydrogen) atoms. The van der Waals surface area contributed by atoms with Crippen LogP contribution in [0.15, 0.2) is 41.6 Å². The maximum atomic E-state index is 12.4. The standard InChI is InChI=1S/C16H19N3O2S/c1-22-15-5-3-2-4-14(15)16(20)18-12-10-17-19(11-12)13-6-8-21-9-7-13/h2-5,10-11,13H,6-9H2,1H3,(H,18,20). The summed E-state index contributed by atoms with van der Waals surface area (Å²) in [5, 5.41) is 7.30. The van der Waals surface area contributed by atoms with Gasteiger partial charge in [0.05, 0.1) is 23.5 Å². The van der Waals surface area contributed by atoms with Crippen LogP contribution in [0.2, 0.25) is 0 Å². The van der Waals surface area contributed by atoms with Crippen LogP contribution in [0.25, 0.3) is 0 Å². The van der Waals surface area contributed by atoms with Crippen molar-refractivity contribution >= 4 is 23.4 Å². The van der Waals surface area contributed by atoms with Crippen LogP contribution < -0.4 is 5.32 Å². The highest BCUT2D eigenvalue weighted by atomic mass is 32.2. The Labute approximate surface area is 134 Å². The van der Waals surface area contributed by atoms with Crippen molar-refractivity contribution in [1.82, 2.24) is 9.78 Å². The Morgan fingerprint density at radius 2 is 2.14 bits per heavy atom. The molecule has 2 heterocycles. The summed E-state index contributed by atoms with van der Waals surface area (Å²) in [5.74, 6) is -0.100. The Bertz CT molecular complexity index is 650. The van der Waals surface area contributed by atoms with Gasteiger partial charge in [-0.2, -0.15) is 5.10 Å². The van der Waals surface area contributed by atoms with E-state index < -0.39 is 0 Å². The zero-order valence-electron chi connectivity index (χ0n) is 12.5. The molecule has 0 bridgehead atoms. The van der Waals surface area contributed by atoms with Crippen LogP contribution in [0.4, 0.5) is 5.69 Å². The Kier molecular flexibility index (Phi) is 4.80. The number of amides is 1. The molecule has 0 saturated carbocycles. The molecule has 1 aromatic heterocycles. The molecule has 2 aromatic rings. The van der Waals surface area contributed by atoms with Crippen molar-refractivity contribution < 1.29 is 9.53 Å². The normalized spacial score (nSPS) is 15.7. The van der Waals surface area contributed by atoms with Gasteiger partial charge in [-0.1, -0.05) is 12.1 Å². The largest absolute Gasteiger partial charge is 0.381 e. The predicted molar refractivity (Wildman–Crippen MR) is 87.5 cm³/mol. The van der Waals surface area contributed by atoms with Crippen LogP contribution in [0.1, 0.15) is 29.2 Å². The smallest absolute Gasteiger partial charge is 0.256 e. The van der Waals surface area contributed by atoms with E-state index in [0.717, 1.165) is 36.6 Å². The zero-order chi connectivity index (χ0) is 15.4. The van der Waals surface area contributed by atoms with Crippen LogP contribution in [0.3, 0.4) is 0 Å². The zero-order valence-corrected chi connectivity index (χ0v) is 13.3. The second-order valence-electron chi connectivity index (χ2n) is 5.21. The molecule has 1 saturated heterocycles. The van der Waals surface area contributed by atoms with Gasteiger partial charge in [-0.15, -0.1) is 11.8 Å². The van der Waals surface area contributed by atoms with E-state index in [9.17, 15) is 4.79 Å². The number of aromatic nitrogens is 2. The quantitative estimate of drug-likeness (QED) is 0.880. The molecule has 5 nitrogen and oxygen atoms in total. The molecule has 3 rings (SSSR count). The van der Waals surface area contributed by atoms with Gasteiger partial charge in [0.25, 0.3) is 5.91 Å². The van der Waals surface area contributed by atoms with E-state index in [1.807, 2.05) is 41.4 Å². The number of anilines is 1. The monoisotopic (exact) mass is 317 g/mol. The lowest BCUT2D eigenvalue weighted by Gasteiger charge is -2.22. The van der Waals surface area contributed by atoms with Gasteiger partial charge in [0, 0.05) is 24.3 Å². The summed E-state index contributed by atoms with van der Waals surface area (Å²) in [5.41, 5.74) is 1.42. The number of hydrogen-bond acceptors (Lipinski definition) is 4. The van der Waals surface area contributed by atoms with Crippen LogP contribution >= 0.6 is 11.8 Å². The number of rotatable bonds is 4. The first kappa shape index (κ1) is 15.1. The molecule has 1 aliphatic heterocycles. The lowest BCUT2D eigenvalue weighted by Crippen LogP contribution is -2.19. The number of carbonyl (C=O) groups is 1. The van der Waals surface area contributed by atoms with E-state index in [2.05, 4.69) is 10.4 Å². The highest BCUT2D eigenvalue weighted by Gasteiger charge is 2.17. The SMILES string of the molecule is CSc1ccccc1C(=O)Nc1cnn(C2CCOCC2)c1. The van der Waals surface area contributed by atoms with Crippen LogP contribution in [0, 0.1) is 0 Å². The van der Waals surface area contributed by atoms with Crippen molar-refractivity contribution in [2.75, 3.05) is 24.8 Å². The molecule has 1 aromatic carbocycles. The number of ether oxygens (including phenoxy) is 1. The number of nitrogens with zero attached hydrogens (tertiary/aromatic N) is 2. The molecular weight excluding hydrogens is 298 g/mol. The Hall–Kier alpha value is -1.79. The molecule has 116 valence electrons. The maximum Gasteiger partial charge on any atom is 0.256 e. The second kappa shape index (κ2) is 6.98. The lowest BCUT2D eigenvalue weighted by molar-refractivity contribution is 0.0662. The highest BCUT2D eigenvalue weighted by molar-refractivity contribution is 7.98. The van der Waals surface area contributed by atoms with E-state index in [-0.39, 0.29) is 5.91 Å². The number of nitrogens with one attached hydrogen (secondary N) is 1. The summed E-state index contributed by atoms with van der Waals surface area (Å²) >= 11 is 1.57. The first-order chi connectivity index (χ1) is 10.8. The summed E-state index contributed by atoms with van der Waals surface area (Å²) in [7, 11) is 0. The molecule has 0 spiro atoms. The topological polar surface area (TPSA) is 56.2 Å². The third-order valence-electron chi connectivity index (χ3n) is 3.78. The van der Waals surface area contributed by atoms with Gasteiger partial charge in [-0.25, -0.2) is 0 Å². The van der Waals surface area contributed by atoms with E-state index in [0.29, 0.717) is 11.6 Å². The van der Waals surface area contributed by atoms with E-state index in [4.69, 9.17) is 4.74 Å². The van der Waals surface area contributed by atoms with Gasteiger partial charge >= 0.3 is 0 Å². The number of carbonyl (C=O) groups excluding carboxylic acids is 1. The fourth-order valence-electron chi connectivity index (χ4n) is 2.58. The van der Waals surface area contributed by atoms with Crippen molar-refractivity contribution in [2.24, 2.45) is 0 Å². The van der Waals surface area contributed by atoms with Crippen LogP contribution in [-0.4, -0.2) is 35.2 Å². The molecule has 1 fully saturated rings. The Morgan fingerprint density at radius 1 is 1.36 bits per heavy atom. The summed E-state index contributed by atoms with van der Waals surface area (Å²) < 4.78 is 7.29. The van der Waals surface area contributed by atoms with E-state index in [1.54, 1.807) is 18.0 Å². The molecule has 0 unspecified atom stereocenters. The molecule has 0 radical (unpaired) electrons. The summed E-state index contributed by atoms with van der Waals surface area (Å²) in [4.78, 5) is 13.4. The van der Waals surface area contributed by atoms with Gasteiger partial charge < -0.3 is 10.1 Å². The first-order valence-electron chi connectivity index (χ1n) is 7.34. The number of benzene rings is 1. The fraction of sp³-hybridized carbons (Fsp3) is 0.375. The van der Waals surface area contributed by atoms with Gasteiger partial charge in [0.15, 0.2) is 0 Å². The van der Waals surface area contributed by atoms with Gasteiger partial charge in [0.2, 0.25) is 0 Å². The van der Waals surface area contributed by atoms with Crippen molar-refractivity contribution in [3.63, 3.8) is 0 Å². The molecule has 1 N–H and O–H groups in total. The third-order valence-corrected chi connectivity index (χ3v) is 4.57. The summed E-state index contributed by atoms with van der Waals surface area (Å²) in [6.45, 7) is 1.54. The van der Waals surface area contributed by atoms with Crippen molar-refractivity contribution in [1.29, 1.82) is 0 Å². The van der Waals surface area contributed by atoms with Crippen molar-refractivity contribution in [3.8, 4) is 0 Å². The highest BCUT2D eigenvalue weighted by Crippen LogP contribution is 2.23.